The van der Waals surface area contributed by atoms with E-state index in [9.17, 15) is 5.11 Å². The van der Waals surface area contributed by atoms with E-state index < -0.39 is 0 Å². The molecule has 0 saturated carbocycles. The highest BCUT2D eigenvalue weighted by atomic mass is 32.1. The summed E-state index contributed by atoms with van der Waals surface area (Å²) in [6, 6.07) is 6.34. The molecular weight excluding hydrogens is 298 g/mol. The number of nitrogens with one attached hydrogen (secondary N) is 1. The second kappa shape index (κ2) is 6.69. The van der Waals surface area contributed by atoms with Crippen LogP contribution in [0.5, 0.6) is 11.5 Å². The van der Waals surface area contributed by atoms with E-state index in [0.717, 1.165) is 30.5 Å². The second-order valence-corrected chi connectivity index (χ2v) is 6.39. The van der Waals surface area contributed by atoms with Crippen molar-refractivity contribution in [1.29, 1.82) is 0 Å². The summed E-state index contributed by atoms with van der Waals surface area (Å²) in [5.74, 6) is 1.36. The van der Waals surface area contributed by atoms with E-state index in [0.29, 0.717) is 17.5 Å². The quantitative estimate of drug-likeness (QED) is 0.890. The molecule has 1 aliphatic heterocycles. The highest BCUT2D eigenvalue weighted by Gasteiger charge is 2.22. The SMILES string of the molecule is COc1cc(CO)c(CC2NCCc3sccc32)cc1OC. The van der Waals surface area contributed by atoms with Gasteiger partial charge in [-0.3, -0.25) is 0 Å². The van der Waals surface area contributed by atoms with Crippen LogP contribution in [0.25, 0.3) is 0 Å². The fourth-order valence-corrected chi connectivity index (χ4v) is 3.98. The molecule has 22 heavy (non-hydrogen) atoms. The van der Waals surface area contributed by atoms with Crippen LogP contribution in [0.3, 0.4) is 0 Å². The van der Waals surface area contributed by atoms with E-state index in [1.54, 1.807) is 14.2 Å². The molecule has 1 atom stereocenters. The Balaban J connectivity index is 1.92. The third kappa shape index (κ3) is 2.84. The van der Waals surface area contributed by atoms with E-state index in [4.69, 9.17) is 9.47 Å². The van der Waals surface area contributed by atoms with E-state index in [-0.39, 0.29) is 6.61 Å². The highest BCUT2D eigenvalue weighted by Crippen LogP contribution is 2.35. The molecule has 5 heteroatoms. The number of fused-ring (bicyclic) bond motifs is 1. The van der Waals surface area contributed by atoms with Crippen LogP contribution in [-0.4, -0.2) is 25.9 Å². The average Bonchev–Trinajstić information content (AvgIpc) is 3.04. The molecule has 0 bridgehead atoms. The van der Waals surface area contributed by atoms with Crippen LogP contribution < -0.4 is 14.8 Å². The van der Waals surface area contributed by atoms with Gasteiger partial charge in [-0.2, -0.15) is 0 Å². The summed E-state index contributed by atoms with van der Waals surface area (Å²) in [6.07, 6.45) is 1.93. The Labute approximate surface area is 134 Å². The number of hydrogen-bond acceptors (Lipinski definition) is 5. The number of aliphatic hydroxyl groups is 1. The Hall–Kier alpha value is -1.56. The van der Waals surface area contributed by atoms with Crippen molar-refractivity contribution in [3.63, 3.8) is 0 Å². The van der Waals surface area contributed by atoms with Gasteiger partial charge in [0.15, 0.2) is 11.5 Å². The Morgan fingerprint density at radius 2 is 1.95 bits per heavy atom. The summed E-state index contributed by atoms with van der Waals surface area (Å²) in [5, 5.41) is 15.4. The lowest BCUT2D eigenvalue weighted by atomic mass is 9.93. The normalized spacial score (nSPS) is 17.1. The molecule has 2 aromatic rings. The average molecular weight is 319 g/mol. The molecule has 2 heterocycles. The zero-order valence-electron chi connectivity index (χ0n) is 12.9. The topological polar surface area (TPSA) is 50.7 Å². The van der Waals surface area contributed by atoms with Gasteiger partial charge in [0.25, 0.3) is 0 Å². The van der Waals surface area contributed by atoms with Crippen molar-refractivity contribution in [3.8, 4) is 11.5 Å². The first-order valence-corrected chi connectivity index (χ1v) is 8.29. The first kappa shape index (κ1) is 15.3. The third-order valence-electron chi connectivity index (χ3n) is 4.20. The third-order valence-corrected chi connectivity index (χ3v) is 5.19. The van der Waals surface area contributed by atoms with Gasteiger partial charge in [-0.05, 0) is 53.1 Å². The predicted octanol–water partition coefficient (Wildman–Crippen LogP) is 2.69. The number of aliphatic hydroxyl groups excluding tert-OH is 1. The van der Waals surface area contributed by atoms with Crippen LogP contribution >= 0.6 is 11.3 Å². The van der Waals surface area contributed by atoms with E-state index in [2.05, 4.69) is 16.8 Å². The number of methoxy groups -OCH3 is 2. The highest BCUT2D eigenvalue weighted by molar-refractivity contribution is 7.10. The van der Waals surface area contributed by atoms with Crippen LogP contribution in [0.15, 0.2) is 23.6 Å². The fourth-order valence-electron chi connectivity index (χ4n) is 3.04. The Bertz CT molecular complexity index is 653. The van der Waals surface area contributed by atoms with Crippen LogP contribution in [0.1, 0.15) is 27.6 Å². The van der Waals surface area contributed by atoms with Gasteiger partial charge in [0.1, 0.15) is 0 Å². The maximum atomic E-state index is 9.67. The molecule has 4 nitrogen and oxygen atoms in total. The molecule has 0 radical (unpaired) electrons. The van der Waals surface area contributed by atoms with Crippen molar-refractivity contribution in [1.82, 2.24) is 5.32 Å². The zero-order valence-corrected chi connectivity index (χ0v) is 13.7. The smallest absolute Gasteiger partial charge is 0.161 e. The molecule has 1 unspecified atom stereocenters. The number of benzene rings is 1. The van der Waals surface area contributed by atoms with Crippen LogP contribution in [-0.2, 0) is 19.4 Å². The predicted molar refractivity (Wildman–Crippen MR) is 87.9 cm³/mol. The van der Waals surface area contributed by atoms with Crippen LogP contribution in [0.4, 0.5) is 0 Å². The Morgan fingerprint density at radius 1 is 1.23 bits per heavy atom. The summed E-state index contributed by atoms with van der Waals surface area (Å²) in [5.41, 5.74) is 3.37. The second-order valence-electron chi connectivity index (χ2n) is 5.39. The van der Waals surface area contributed by atoms with Gasteiger partial charge in [-0.1, -0.05) is 0 Å². The summed E-state index contributed by atoms with van der Waals surface area (Å²) >= 11 is 1.83. The lowest BCUT2D eigenvalue weighted by Gasteiger charge is -2.25. The monoisotopic (exact) mass is 319 g/mol. The van der Waals surface area contributed by atoms with Crippen molar-refractivity contribution in [2.24, 2.45) is 0 Å². The number of ether oxygens (including phenoxy) is 2. The molecule has 1 aromatic heterocycles. The van der Waals surface area contributed by atoms with Crippen molar-refractivity contribution in [3.05, 3.63) is 45.1 Å². The number of hydrogen-bond donors (Lipinski definition) is 2. The van der Waals surface area contributed by atoms with Gasteiger partial charge in [0.05, 0.1) is 20.8 Å². The summed E-state index contributed by atoms with van der Waals surface area (Å²) in [7, 11) is 3.25. The number of rotatable bonds is 5. The lowest BCUT2D eigenvalue weighted by molar-refractivity contribution is 0.278. The minimum Gasteiger partial charge on any atom is -0.493 e. The van der Waals surface area contributed by atoms with Gasteiger partial charge in [-0.15, -0.1) is 11.3 Å². The molecule has 118 valence electrons. The van der Waals surface area contributed by atoms with E-state index >= 15 is 0 Å². The van der Waals surface area contributed by atoms with Gasteiger partial charge < -0.3 is 19.9 Å². The molecule has 0 aliphatic carbocycles. The Kier molecular flexibility index (Phi) is 4.66. The summed E-state index contributed by atoms with van der Waals surface area (Å²) in [6.45, 7) is 0.999. The maximum Gasteiger partial charge on any atom is 0.161 e. The molecule has 0 amide bonds. The van der Waals surface area contributed by atoms with Gasteiger partial charge in [-0.25, -0.2) is 0 Å². The van der Waals surface area contributed by atoms with Crippen molar-refractivity contribution in [2.45, 2.75) is 25.5 Å². The van der Waals surface area contributed by atoms with E-state index in [1.807, 2.05) is 23.5 Å². The molecule has 0 spiro atoms. The first-order valence-electron chi connectivity index (χ1n) is 7.41. The summed E-state index contributed by atoms with van der Waals surface area (Å²) in [4.78, 5) is 1.47. The molecule has 0 fully saturated rings. The molecule has 3 rings (SSSR count). The van der Waals surface area contributed by atoms with E-state index in [1.165, 1.54) is 10.4 Å². The molecule has 1 aromatic carbocycles. The van der Waals surface area contributed by atoms with Crippen LogP contribution in [0.2, 0.25) is 0 Å². The van der Waals surface area contributed by atoms with Gasteiger partial charge in [0.2, 0.25) is 0 Å². The molecular formula is C17H21NO3S. The minimum absolute atomic E-state index is 0.00109. The maximum absolute atomic E-state index is 9.67. The zero-order chi connectivity index (χ0) is 15.5. The van der Waals surface area contributed by atoms with Crippen molar-refractivity contribution in [2.75, 3.05) is 20.8 Å². The molecule has 1 aliphatic rings. The minimum atomic E-state index is -0.00109. The molecule has 0 saturated heterocycles. The Morgan fingerprint density at radius 3 is 2.64 bits per heavy atom. The number of thiophene rings is 1. The van der Waals surface area contributed by atoms with Crippen molar-refractivity contribution < 1.29 is 14.6 Å². The first-order chi connectivity index (χ1) is 10.8. The largest absolute Gasteiger partial charge is 0.493 e. The van der Waals surface area contributed by atoms with Gasteiger partial charge >= 0.3 is 0 Å². The lowest BCUT2D eigenvalue weighted by Crippen LogP contribution is -2.30. The molecule has 2 N–H and O–H groups in total. The summed E-state index contributed by atoms with van der Waals surface area (Å²) < 4.78 is 10.7. The van der Waals surface area contributed by atoms with Crippen molar-refractivity contribution >= 4 is 11.3 Å². The fraction of sp³-hybridized carbons (Fsp3) is 0.412. The standard InChI is InChI=1S/C17H21NO3S/c1-20-15-8-11(12(10-19)9-16(15)21-2)7-14-13-4-6-22-17(13)3-5-18-14/h4,6,8-9,14,18-19H,3,5,7,10H2,1-2H3. The van der Waals surface area contributed by atoms with Gasteiger partial charge in [0, 0.05) is 17.5 Å². The van der Waals surface area contributed by atoms with Crippen LogP contribution in [0, 0.1) is 0 Å².